The molecule has 0 saturated carbocycles. The quantitative estimate of drug-likeness (QED) is 0.549. The maximum Gasteiger partial charge on any atom is 0.0106 e. The molecule has 7 heavy (non-hydrogen) atoms. The van der Waals surface area contributed by atoms with Crippen molar-refractivity contribution in [3.8, 4) is 0 Å². The summed E-state index contributed by atoms with van der Waals surface area (Å²) in [4.78, 5) is 0. The van der Waals surface area contributed by atoms with Crippen LogP contribution in [0, 0.1) is 0 Å². The fourth-order valence-corrected chi connectivity index (χ4v) is 0.263. The molecule has 0 aliphatic rings. The van der Waals surface area contributed by atoms with Gasteiger partial charge in [-0.1, -0.05) is 19.1 Å². The van der Waals surface area contributed by atoms with Crippen LogP contribution in [-0.2, 0) is 0 Å². The molecule has 0 radical (unpaired) electrons. The number of hydrogen-bond donors (Lipinski definition) is 1. The fourth-order valence-electron chi connectivity index (χ4n) is 0.263. The molecule has 0 aliphatic heterocycles. The zero-order chi connectivity index (χ0) is 4.83. The molecule has 0 atom stereocenters. The lowest BCUT2D eigenvalue weighted by molar-refractivity contribution is 1.17. The second kappa shape index (κ2) is 9.37. The van der Waals surface area contributed by atoms with E-state index in [9.17, 15) is 0 Å². The Bertz CT molecular complexity index is 37.3. The Morgan fingerprint density at radius 1 is 1.43 bits per heavy atom. The third-order valence-corrected chi connectivity index (χ3v) is 0.538. The summed E-state index contributed by atoms with van der Waals surface area (Å²) in [7, 11) is 0. The summed E-state index contributed by atoms with van der Waals surface area (Å²) in [5.74, 6) is 0. The molecule has 0 bridgehead atoms. The van der Waals surface area contributed by atoms with Gasteiger partial charge in [-0.25, -0.2) is 0 Å². The molecule has 0 fully saturated rings. The lowest BCUT2D eigenvalue weighted by atomic mass is 10.4. The van der Waals surface area contributed by atoms with Crippen molar-refractivity contribution in [2.75, 3.05) is 6.54 Å². The number of allylic oxidation sites excluding steroid dienone is 1. The van der Waals surface area contributed by atoms with Gasteiger partial charge in [0.1, 0.15) is 0 Å². The van der Waals surface area contributed by atoms with Gasteiger partial charge in [-0.3, -0.25) is 0 Å². The van der Waals surface area contributed by atoms with E-state index in [1.807, 2.05) is 6.08 Å². The highest BCUT2D eigenvalue weighted by Crippen LogP contribution is 1.73. The zero-order valence-corrected chi connectivity index (χ0v) is 5.37. The van der Waals surface area contributed by atoms with Gasteiger partial charge in [0.2, 0.25) is 0 Å². The van der Waals surface area contributed by atoms with Gasteiger partial charge in [-0.05, 0) is 6.42 Å². The summed E-state index contributed by atoms with van der Waals surface area (Å²) in [6.45, 7) is 2.76. The Morgan fingerprint density at radius 2 is 2.00 bits per heavy atom. The Kier molecular flexibility index (Phi) is 13.5. The molecule has 0 spiro atoms. The van der Waals surface area contributed by atoms with E-state index in [2.05, 4.69) is 13.0 Å². The molecule has 0 aliphatic carbocycles. The molecule has 1 nitrogen and oxygen atoms in total. The Balaban J connectivity index is 0. The highest BCUT2D eigenvalue weighted by Gasteiger charge is 1.59. The summed E-state index contributed by atoms with van der Waals surface area (Å²) >= 11 is 0. The van der Waals surface area contributed by atoms with Crippen LogP contribution in [0.1, 0.15) is 13.3 Å². The molecular weight excluding hydrogens is 110 g/mol. The summed E-state index contributed by atoms with van der Waals surface area (Å²) in [5.41, 5.74) is 5.13. The molecule has 0 unspecified atom stereocenters. The smallest absolute Gasteiger partial charge is 0.0106 e. The van der Waals surface area contributed by atoms with Crippen LogP contribution in [0.3, 0.4) is 0 Å². The maximum atomic E-state index is 5.13. The Labute approximate surface area is 51.0 Å². The van der Waals surface area contributed by atoms with Crippen molar-refractivity contribution >= 4 is 12.4 Å². The largest absolute Gasteiger partial charge is 0.327 e. The lowest BCUT2D eigenvalue weighted by Gasteiger charge is -1.73. The molecule has 0 rings (SSSR count). The predicted molar refractivity (Wildman–Crippen MR) is 35.7 cm³/mol. The lowest BCUT2D eigenvalue weighted by Crippen LogP contribution is -1.91. The van der Waals surface area contributed by atoms with E-state index in [0.717, 1.165) is 6.42 Å². The monoisotopic (exact) mass is 121 g/mol. The normalized spacial score (nSPS) is 8.86. The predicted octanol–water partition coefficient (Wildman–Crippen LogP) is 1.33. The van der Waals surface area contributed by atoms with Gasteiger partial charge in [-0.2, -0.15) is 0 Å². The molecule has 0 heterocycles. The highest BCUT2D eigenvalue weighted by atomic mass is 35.5. The molecular formula is C5H12ClN. The summed E-state index contributed by atoms with van der Waals surface area (Å²) in [5, 5.41) is 0. The van der Waals surface area contributed by atoms with Crippen molar-refractivity contribution in [2.45, 2.75) is 13.3 Å². The van der Waals surface area contributed by atoms with Crippen LogP contribution in [0.2, 0.25) is 0 Å². The maximum absolute atomic E-state index is 5.13. The van der Waals surface area contributed by atoms with Crippen molar-refractivity contribution < 1.29 is 0 Å². The molecule has 0 aromatic rings. The van der Waals surface area contributed by atoms with Crippen LogP contribution >= 0.6 is 12.4 Å². The van der Waals surface area contributed by atoms with Crippen molar-refractivity contribution in [2.24, 2.45) is 5.73 Å². The summed E-state index contributed by atoms with van der Waals surface area (Å²) in [6.07, 6.45) is 5.11. The van der Waals surface area contributed by atoms with Gasteiger partial charge >= 0.3 is 0 Å². The minimum absolute atomic E-state index is 0. The molecule has 0 aromatic heterocycles. The van der Waals surface area contributed by atoms with E-state index in [1.54, 1.807) is 0 Å². The zero-order valence-electron chi connectivity index (χ0n) is 4.55. The van der Waals surface area contributed by atoms with E-state index >= 15 is 0 Å². The van der Waals surface area contributed by atoms with Gasteiger partial charge in [0.25, 0.3) is 0 Å². The second-order valence-electron chi connectivity index (χ2n) is 1.12. The van der Waals surface area contributed by atoms with E-state index in [0.29, 0.717) is 6.54 Å². The van der Waals surface area contributed by atoms with Crippen LogP contribution in [0.4, 0.5) is 0 Å². The SMILES string of the molecule is CCC=CCN.Cl. The van der Waals surface area contributed by atoms with Crippen molar-refractivity contribution in [3.05, 3.63) is 12.2 Å². The van der Waals surface area contributed by atoms with Crippen LogP contribution < -0.4 is 5.73 Å². The number of hydrogen-bond acceptors (Lipinski definition) is 1. The molecule has 44 valence electrons. The first kappa shape index (κ1) is 10.1. The molecule has 2 N–H and O–H groups in total. The van der Waals surface area contributed by atoms with E-state index in [1.165, 1.54) is 0 Å². The number of nitrogens with two attached hydrogens (primary N) is 1. The van der Waals surface area contributed by atoms with Crippen molar-refractivity contribution in [3.63, 3.8) is 0 Å². The topological polar surface area (TPSA) is 26.0 Å². The Hall–Kier alpha value is -0.0100. The fraction of sp³-hybridized carbons (Fsp3) is 0.600. The van der Waals surface area contributed by atoms with Gasteiger partial charge < -0.3 is 5.73 Å². The van der Waals surface area contributed by atoms with Gasteiger partial charge in [0, 0.05) is 6.54 Å². The van der Waals surface area contributed by atoms with Crippen LogP contribution in [-0.4, -0.2) is 6.54 Å². The first-order chi connectivity index (χ1) is 2.91. The minimum Gasteiger partial charge on any atom is -0.327 e. The number of rotatable bonds is 2. The standard InChI is InChI=1S/C5H11N.ClH/c1-2-3-4-5-6;/h3-4H,2,5-6H2,1H3;1H. The molecule has 0 saturated heterocycles. The number of halogens is 1. The third-order valence-electron chi connectivity index (χ3n) is 0.538. The first-order valence-corrected chi connectivity index (χ1v) is 2.27. The first-order valence-electron chi connectivity index (χ1n) is 2.27. The van der Waals surface area contributed by atoms with Crippen LogP contribution in [0.15, 0.2) is 12.2 Å². The van der Waals surface area contributed by atoms with Crippen LogP contribution in [0.25, 0.3) is 0 Å². The highest BCUT2D eigenvalue weighted by molar-refractivity contribution is 5.85. The van der Waals surface area contributed by atoms with E-state index < -0.39 is 0 Å². The second-order valence-corrected chi connectivity index (χ2v) is 1.12. The summed E-state index contributed by atoms with van der Waals surface area (Å²) in [6, 6.07) is 0. The Morgan fingerprint density at radius 3 is 2.14 bits per heavy atom. The molecule has 2 heteroatoms. The third kappa shape index (κ3) is 10.7. The van der Waals surface area contributed by atoms with Crippen LogP contribution in [0.5, 0.6) is 0 Å². The summed E-state index contributed by atoms with van der Waals surface area (Å²) < 4.78 is 0. The van der Waals surface area contributed by atoms with Crippen molar-refractivity contribution in [1.82, 2.24) is 0 Å². The van der Waals surface area contributed by atoms with E-state index in [-0.39, 0.29) is 12.4 Å². The van der Waals surface area contributed by atoms with Crippen molar-refractivity contribution in [1.29, 1.82) is 0 Å². The van der Waals surface area contributed by atoms with Gasteiger partial charge in [0.15, 0.2) is 0 Å². The van der Waals surface area contributed by atoms with E-state index in [4.69, 9.17) is 5.73 Å². The molecule has 0 aromatic carbocycles. The average Bonchev–Trinajstić information content (AvgIpc) is 1.61. The average molecular weight is 122 g/mol. The van der Waals surface area contributed by atoms with Gasteiger partial charge in [0.05, 0.1) is 0 Å². The molecule has 0 amide bonds. The minimum atomic E-state index is 0. The van der Waals surface area contributed by atoms with Gasteiger partial charge in [-0.15, -0.1) is 12.4 Å².